The number of halogens is 2. The van der Waals surface area contributed by atoms with Crippen LogP contribution in [0.15, 0.2) is 79.1 Å². The van der Waals surface area contributed by atoms with Crippen molar-refractivity contribution in [3.05, 3.63) is 106 Å². The van der Waals surface area contributed by atoms with Crippen molar-refractivity contribution in [2.45, 2.75) is 58.7 Å². The van der Waals surface area contributed by atoms with E-state index in [4.69, 9.17) is 56.6 Å². The maximum absolute atomic E-state index is 13.5. The van der Waals surface area contributed by atoms with Gasteiger partial charge in [-0.05, 0) is 78.4 Å². The summed E-state index contributed by atoms with van der Waals surface area (Å²) in [5, 5.41) is 1.23. The van der Waals surface area contributed by atoms with Gasteiger partial charge in [-0.2, -0.15) is 4.37 Å². The van der Waals surface area contributed by atoms with E-state index < -0.39 is 20.1 Å². The lowest BCUT2D eigenvalue weighted by molar-refractivity contribution is -0.151. The molecule has 0 fully saturated rings. The Morgan fingerprint density at radius 2 is 1.68 bits per heavy atom. The first-order chi connectivity index (χ1) is 27.5. The number of ether oxygens (including phenoxy) is 6. The van der Waals surface area contributed by atoms with Crippen LogP contribution >= 0.6 is 34.7 Å². The zero-order valence-corrected chi connectivity index (χ0v) is 36.0. The Labute approximate surface area is 347 Å². The molecule has 0 N–H and O–H groups in total. The van der Waals surface area contributed by atoms with Gasteiger partial charge in [0.05, 0.1) is 40.1 Å². The van der Waals surface area contributed by atoms with E-state index in [1.807, 2.05) is 61.5 Å². The van der Waals surface area contributed by atoms with Crippen molar-refractivity contribution in [3.8, 4) is 45.6 Å². The van der Waals surface area contributed by atoms with Gasteiger partial charge in [0.1, 0.15) is 29.0 Å². The van der Waals surface area contributed by atoms with Crippen LogP contribution in [0.5, 0.6) is 23.1 Å². The molecule has 298 valence electrons. The van der Waals surface area contributed by atoms with Crippen LogP contribution in [0.25, 0.3) is 32.6 Å². The van der Waals surface area contributed by atoms with Gasteiger partial charge in [-0.1, -0.05) is 79.2 Å². The predicted octanol–water partition coefficient (Wildman–Crippen LogP) is 10.3. The fourth-order valence-corrected chi connectivity index (χ4v) is 7.86. The Hall–Kier alpha value is -4.79. The zero-order chi connectivity index (χ0) is 40.5. The number of nitrogens with zero attached hydrogens (tertiary/aromatic N) is 4. The van der Waals surface area contributed by atoms with Gasteiger partial charge in [0.25, 0.3) is 0 Å². The molecule has 11 nitrogen and oxygen atoms in total. The number of methoxy groups -OCH3 is 1. The van der Waals surface area contributed by atoms with E-state index in [0.29, 0.717) is 61.6 Å². The van der Waals surface area contributed by atoms with Crippen molar-refractivity contribution in [1.82, 2.24) is 19.3 Å². The SMILES string of the molecule is CCOC(=O)[C@@H](Cc1ccccc1OCc1ccnc(-c2ccccc2OC)n1)Oc1nsc2cnc(Cl)c(-c3ccc(OCOCC[Si](C)(C)C)c(Cl)c3C)c12. The first kappa shape index (κ1) is 41.8. The number of rotatable bonds is 18. The highest BCUT2D eigenvalue weighted by Gasteiger charge is 2.28. The van der Waals surface area contributed by atoms with Crippen molar-refractivity contribution >= 4 is 58.9 Å². The van der Waals surface area contributed by atoms with Crippen molar-refractivity contribution in [1.29, 1.82) is 0 Å². The summed E-state index contributed by atoms with van der Waals surface area (Å²) in [6.07, 6.45) is 2.35. The van der Waals surface area contributed by atoms with E-state index in [9.17, 15) is 4.79 Å². The molecule has 0 aliphatic heterocycles. The molecule has 15 heteroatoms. The smallest absolute Gasteiger partial charge is 0.347 e. The van der Waals surface area contributed by atoms with Gasteiger partial charge in [-0.15, -0.1) is 0 Å². The number of carbonyl (C=O) groups excluding carboxylic acids is 1. The highest BCUT2D eigenvalue weighted by atomic mass is 35.5. The fraction of sp³-hybridized carbons (Fsp3) is 0.310. The number of fused-ring (bicyclic) bond motifs is 1. The third-order valence-corrected chi connectivity index (χ3v) is 12.2. The summed E-state index contributed by atoms with van der Waals surface area (Å²) in [5.41, 5.74) is 4.15. The molecule has 0 aliphatic carbocycles. The van der Waals surface area contributed by atoms with E-state index in [-0.39, 0.29) is 37.5 Å². The molecular formula is C42H44Cl2N4O7SSi. The molecule has 0 saturated heterocycles. The summed E-state index contributed by atoms with van der Waals surface area (Å²) in [4.78, 5) is 27.1. The minimum Gasteiger partial charge on any atom is -0.496 e. The lowest BCUT2D eigenvalue weighted by Crippen LogP contribution is -2.32. The van der Waals surface area contributed by atoms with E-state index >= 15 is 0 Å². The molecule has 0 spiro atoms. The van der Waals surface area contributed by atoms with Crippen LogP contribution in [0.2, 0.25) is 35.9 Å². The minimum atomic E-state index is -1.23. The number of pyridine rings is 1. The van der Waals surface area contributed by atoms with Crippen LogP contribution in [-0.4, -0.2) is 66.6 Å². The summed E-state index contributed by atoms with van der Waals surface area (Å²) < 4.78 is 40.7. The number of esters is 1. The van der Waals surface area contributed by atoms with Crippen LogP contribution < -0.4 is 18.9 Å². The average molecular weight is 848 g/mol. The largest absolute Gasteiger partial charge is 0.496 e. The van der Waals surface area contributed by atoms with Crippen LogP contribution in [-0.2, 0) is 27.3 Å². The highest BCUT2D eigenvalue weighted by Crippen LogP contribution is 2.45. The summed E-state index contributed by atoms with van der Waals surface area (Å²) in [7, 11) is 0.381. The molecule has 3 aromatic carbocycles. The standard InChI is InChI=1S/C42H44Cl2N4O7SSi/c1-7-52-42(49)34(22-27-12-8-10-14-31(27)53-24-28-18-19-45-40(47-28)30-13-9-11-15-32(30)50-3)55-41-37-35(56-48-41)23-46-39(44)36(37)29-16-17-33(38(43)26(29)2)54-25-51-20-21-57(4,5)6/h8-19,23,34H,7,20-22,24-25H2,1-6H3/t34-/m1/s1. The maximum Gasteiger partial charge on any atom is 0.347 e. The summed E-state index contributed by atoms with van der Waals surface area (Å²) in [6, 6.07) is 21.5. The molecule has 57 heavy (non-hydrogen) atoms. The molecule has 3 heterocycles. The van der Waals surface area contributed by atoms with Crippen LogP contribution in [0, 0.1) is 6.92 Å². The Bertz CT molecular complexity index is 2340. The Kier molecular flexibility index (Phi) is 14.0. The molecule has 0 aliphatic rings. The van der Waals surface area contributed by atoms with E-state index in [0.717, 1.165) is 22.7 Å². The second-order valence-corrected chi connectivity index (χ2v) is 21.4. The van der Waals surface area contributed by atoms with Crippen LogP contribution in [0.4, 0.5) is 0 Å². The molecule has 3 aromatic heterocycles. The maximum atomic E-state index is 13.5. The topological polar surface area (TPSA) is 124 Å². The Morgan fingerprint density at radius 1 is 0.912 bits per heavy atom. The van der Waals surface area contributed by atoms with Crippen molar-refractivity contribution in [2.75, 3.05) is 27.1 Å². The van der Waals surface area contributed by atoms with Crippen molar-refractivity contribution in [2.24, 2.45) is 0 Å². The van der Waals surface area contributed by atoms with Gasteiger partial charge in [0, 0.05) is 39.1 Å². The Morgan fingerprint density at radius 3 is 2.46 bits per heavy atom. The fourth-order valence-electron chi connectivity index (χ4n) is 5.94. The van der Waals surface area contributed by atoms with Gasteiger partial charge in [-0.25, -0.2) is 19.7 Å². The number of carbonyl (C=O) groups is 1. The Balaban J connectivity index is 1.24. The van der Waals surface area contributed by atoms with Crippen LogP contribution in [0.3, 0.4) is 0 Å². The normalized spacial score (nSPS) is 12.0. The number of hydrogen-bond acceptors (Lipinski definition) is 12. The summed E-state index contributed by atoms with van der Waals surface area (Å²) >= 11 is 14.9. The van der Waals surface area contributed by atoms with Gasteiger partial charge >= 0.3 is 5.97 Å². The first-order valence-corrected chi connectivity index (χ1v) is 23.6. The number of benzene rings is 3. The lowest BCUT2D eigenvalue weighted by Gasteiger charge is -2.19. The third-order valence-electron chi connectivity index (χ3n) is 8.97. The summed E-state index contributed by atoms with van der Waals surface area (Å²) in [6.45, 7) is 11.5. The van der Waals surface area contributed by atoms with Crippen molar-refractivity contribution < 1.29 is 33.2 Å². The van der Waals surface area contributed by atoms with Crippen LogP contribution in [0.1, 0.15) is 23.7 Å². The first-order valence-electron chi connectivity index (χ1n) is 18.4. The minimum absolute atomic E-state index is 0.0855. The quantitative estimate of drug-likeness (QED) is 0.0270. The molecule has 0 radical (unpaired) electrons. The second kappa shape index (κ2) is 19.1. The molecule has 0 amide bonds. The molecule has 6 aromatic rings. The number of aromatic nitrogens is 4. The molecule has 0 unspecified atom stereocenters. The monoisotopic (exact) mass is 846 g/mol. The van der Waals surface area contributed by atoms with Gasteiger partial charge in [0.15, 0.2) is 12.6 Å². The van der Waals surface area contributed by atoms with Crippen molar-refractivity contribution in [3.63, 3.8) is 0 Å². The second-order valence-electron chi connectivity index (χ2n) is 14.2. The third kappa shape index (κ3) is 10.4. The average Bonchev–Trinajstić information content (AvgIpc) is 3.61. The lowest BCUT2D eigenvalue weighted by atomic mass is 9.99. The van der Waals surface area contributed by atoms with E-state index in [2.05, 4.69) is 34.0 Å². The molecule has 0 saturated carbocycles. The molecular weight excluding hydrogens is 804 g/mol. The van der Waals surface area contributed by atoms with Gasteiger partial charge in [-0.3, -0.25) is 0 Å². The van der Waals surface area contributed by atoms with Gasteiger partial charge in [0.2, 0.25) is 12.0 Å². The predicted molar refractivity (Wildman–Crippen MR) is 227 cm³/mol. The molecule has 1 atom stereocenters. The summed E-state index contributed by atoms with van der Waals surface area (Å²) in [5.74, 6) is 1.88. The molecule has 6 rings (SSSR count). The van der Waals surface area contributed by atoms with E-state index in [1.165, 1.54) is 11.5 Å². The number of hydrogen-bond donors (Lipinski definition) is 0. The highest BCUT2D eigenvalue weighted by molar-refractivity contribution is 7.13. The zero-order valence-electron chi connectivity index (χ0n) is 32.6. The van der Waals surface area contributed by atoms with Gasteiger partial charge < -0.3 is 28.4 Å². The number of para-hydroxylation sites is 2. The molecule has 0 bridgehead atoms. The van der Waals surface area contributed by atoms with E-state index in [1.54, 1.807) is 38.6 Å².